The molecule has 3 aromatic rings. The standard InChI is InChI=1S/C17H13N3O/c1-11-6-7-12(10-18)8-15(11)20-16(19)9-13-4-2-3-5-14(13)17(20)21/h2-9H,19H2,1H3. The highest BCUT2D eigenvalue weighted by atomic mass is 16.1. The number of nitrogens with two attached hydrogens (primary N) is 1. The van der Waals surface area contributed by atoms with E-state index in [1.807, 2.05) is 31.2 Å². The number of aromatic nitrogens is 1. The van der Waals surface area contributed by atoms with Crippen molar-refractivity contribution in [2.24, 2.45) is 0 Å². The van der Waals surface area contributed by atoms with Crippen molar-refractivity contribution < 1.29 is 0 Å². The number of pyridine rings is 1. The molecule has 0 radical (unpaired) electrons. The van der Waals surface area contributed by atoms with Crippen LogP contribution in [0.25, 0.3) is 16.5 Å². The van der Waals surface area contributed by atoms with E-state index in [2.05, 4.69) is 6.07 Å². The van der Waals surface area contributed by atoms with E-state index in [0.717, 1.165) is 10.9 Å². The first kappa shape index (κ1) is 12.9. The molecule has 0 atom stereocenters. The van der Waals surface area contributed by atoms with Crippen LogP contribution in [0.15, 0.2) is 53.3 Å². The quantitative estimate of drug-likeness (QED) is 0.742. The van der Waals surface area contributed by atoms with Gasteiger partial charge in [-0.1, -0.05) is 24.3 Å². The SMILES string of the molecule is Cc1ccc(C#N)cc1-n1c(N)cc2ccccc2c1=O. The van der Waals surface area contributed by atoms with E-state index in [0.29, 0.717) is 22.5 Å². The second-order valence-electron chi connectivity index (χ2n) is 4.91. The van der Waals surface area contributed by atoms with E-state index in [1.165, 1.54) is 4.57 Å². The van der Waals surface area contributed by atoms with Crippen LogP contribution >= 0.6 is 0 Å². The summed E-state index contributed by atoms with van der Waals surface area (Å²) in [4.78, 5) is 12.7. The number of rotatable bonds is 1. The molecule has 2 aromatic carbocycles. The maximum absolute atomic E-state index is 12.7. The van der Waals surface area contributed by atoms with Crippen LogP contribution in [0.4, 0.5) is 5.82 Å². The number of nitrogen functional groups attached to an aromatic ring is 1. The highest BCUT2D eigenvalue weighted by molar-refractivity contribution is 5.84. The predicted octanol–water partition coefficient (Wildman–Crippen LogP) is 2.75. The summed E-state index contributed by atoms with van der Waals surface area (Å²) in [5.41, 5.74) is 7.91. The second-order valence-corrected chi connectivity index (χ2v) is 4.91. The molecule has 0 aliphatic rings. The maximum Gasteiger partial charge on any atom is 0.264 e. The largest absolute Gasteiger partial charge is 0.385 e. The normalized spacial score (nSPS) is 10.5. The van der Waals surface area contributed by atoms with Crippen molar-refractivity contribution in [2.45, 2.75) is 6.92 Å². The first-order valence-electron chi connectivity index (χ1n) is 6.53. The van der Waals surface area contributed by atoms with Gasteiger partial charge in [-0.2, -0.15) is 5.26 Å². The third kappa shape index (κ3) is 2.05. The molecular formula is C17H13N3O. The average molecular weight is 275 g/mol. The number of hydrogen-bond acceptors (Lipinski definition) is 3. The Bertz CT molecular complexity index is 948. The zero-order chi connectivity index (χ0) is 15.0. The minimum Gasteiger partial charge on any atom is -0.385 e. The van der Waals surface area contributed by atoms with Crippen LogP contribution in [-0.2, 0) is 0 Å². The van der Waals surface area contributed by atoms with Gasteiger partial charge in [0.2, 0.25) is 0 Å². The van der Waals surface area contributed by atoms with Crippen LogP contribution < -0.4 is 11.3 Å². The van der Waals surface area contributed by atoms with Crippen molar-refractivity contribution in [3.05, 3.63) is 70.0 Å². The van der Waals surface area contributed by atoms with Crippen LogP contribution in [0.2, 0.25) is 0 Å². The molecule has 4 heteroatoms. The van der Waals surface area contributed by atoms with Crippen LogP contribution in [0.3, 0.4) is 0 Å². The first-order valence-corrected chi connectivity index (χ1v) is 6.53. The first-order chi connectivity index (χ1) is 10.1. The summed E-state index contributed by atoms with van der Waals surface area (Å²) in [5.74, 6) is 0.358. The lowest BCUT2D eigenvalue weighted by molar-refractivity contribution is 1.01. The average Bonchev–Trinajstić information content (AvgIpc) is 2.49. The van der Waals surface area contributed by atoms with E-state index in [-0.39, 0.29) is 5.56 Å². The second kappa shape index (κ2) is 4.80. The Balaban J connectivity index is 2.41. The van der Waals surface area contributed by atoms with Crippen molar-refractivity contribution in [1.82, 2.24) is 4.57 Å². The van der Waals surface area contributed by atoms with Gasteiger partial charge in [-0.3, -0.25) is 9.36 Å². The molecule has 0 saturated heterocycles. The third-order valence-corrected chi connectivity index (χ3v) is 3.54. The lowest BCUT2D eigenvalue weighted by Gasteiger charge is -2.14. The van der Waals surface area contributed by atoms with Gasteiger partial charge in [0.15, 0.2) is 0 Å². The highest BCUT2D eigenvalue weighted by Crippen LogP contribution is 2.20. The molecule has 21 heavy (non-hydrogen) atoms. The van der Waals surface area contributed by atoms with Gasteiger partial charge in [0.1, 0.15) is 5.82 Å². The Kier molecular flexibility index (Phi) is 2.96. The molecule has 0 amide bonds. The molecule has 3 rings (SSSR count). The smallest absolute Gasteiger partial charge is 0.264 e. The van der Waals surface area contributed by atoms with E-state index in [1.54, 1.807) is 24.3 Å². The molecule has 0 saturated carbocycles. The maximum atomic E-state index is 12.7. The molecule has 102 valence electrons. The van der Waals surface area contributed by atoms with E-state index >= 15 is 0 Å². The number of nitrogens with zero attached hydrogens (tertiary/aromatic N) is 2. The Labute approximate surface area is 121 Å². The van der Waals surface area contributed by atoms with Gasteiger partial charge in [0.05, 0.1) is 17.3 Å². The van der Waals surface area contributed by atoms with E-state index < -0.39 is 0 Å². The molecule has 0 unspecified atom stereocenters. The van der Waals surface area contributed by atoms with Gasteiger partial charge in [0.25, 0.3) is 5.56 Å². The van der Waals surface area contributed by atoms with Gasteiger partial charge in [-0.15, -0.1) is 0 Å². The number of aryl methyl sites for hydroxylation is 1. The fraction of sp³-hybridized carbons (Fsp3) is 0.0588. The van der Waals surface area contributed by atoms with Crippen molar-refractivity contribution >= 4 is 16.6 Å². The van der Waals surface area contributed by atoms with Gasteiger partial charge >= 0.3 is 0 Å². The fourth-order valence-electron chi connectivity index (χ4n) is 2.45. The minimum absolute atomic E-state index is 0.177. The zero-order valence-corrected chi connectivity index (χ0v) is 11.5. The molecular weight excluding hydrogens is 262 g/mol. The fourth-order valence-corrected chi connectivity index (χ4v) is 2.45. The molecule has 0 bridgehead atoms. The summed E-state index contributed by atoms with van der Waals surface area (Å²) in [5, 5.41) is 10.5. The molecule has 4 nitrogen and oxygen atoms in total. The van der Waals surface area contributed by atoms with E-state index in [9.17, 15) is 4.79 Å². The minimum atomic E-state index is -0.177. The van der Waals surface area contributed by atoms with Crippen molar-refractivity contribution in [2.75, 3.05) is 5.73 Å². The lowest BCUT2D eigenvalue weighted by atomic mass is 10.1. The van der Waals surface area contributed by atoms with Crippen LogP contribution in [0.5, 0.6) is 0 Å². The van der Waals surface area contributed by atoms with Gasteiger partial charge in [-0.25, -0.2) is 0 Å². The van der Waals surface area contributed by atoms with Crippen molar-refractivity contribution in [3.8, 4) is 11.8 Å². The Morgan fingerprint density at radius 1 is 1.14 bits per heavy atom. The van der Waals surface area contributed by atoms with Crippen molar-refractivity contribution in [1.29, 1.82) is 5.26 Å². The van der Waals surface area contributed by atoms with Crippen LogP contribution in [-0.4, -0.2) is 4.57 Å². The monoisotopic (exact) mass is 275 g/mol. The molecule has 0 fully saturated rings. The lowest BCUT2D eigenvalue weighted by Crippen LogP contribution is -2.22. The summed E-state index contributed by atoms with van der Waals surface area (Å²) >= 11 is 0. The van der Waals surface area contributed by atoms with Gasteiger partial charge in [0, 0.05) is 5.39 Å². The number of anilines is 1. The Hall–Kier alpha value is -3.06. The van der Waals surface area contributed by atoms with Gasteiger partial charge < -0.3 is 5.73 Å². The third-order valence-electron chi connectivity index (χ3n) is 3.54. The molecule has 0 aliphatic carbocycles. The molecule has 2 N–H and O–H groups in total. The number of hydrogen-bond donors (Lipinski definition) is 1. The molecule has 1 heterocycles. The number of benzene rings is 2. The Morgan fingerprint density at radius 3 is 2.67 bits per heavy atom. The molecule has 1 aromatic heterocycles. The van der Waals surface area contributed by atoms with Crippen LogP contribution in [0, 0.1) is 18.3 Å². The topological polar surface area (TPSA) is 71.8 Å². The van der Waals surface area contributed by atoms with E-state index in [4.69, 9.17) is 11.0 Å². The summed E-state index contributed by atoms with van der Waals surface area (Å²) in [7, 11) is 0. The number of fused-ring (bicyclic) bond motifs is 1. The Morgan fingerprint density at radius 2 is 1.90 bits per heavy atom. The highest BCUT2D eigenvalue weighted by Gasteiger charge is 2.11. The number of nitriles is 1. The zero-order valence-electron chi connectivity index (χ0n) is 11.5. The van der Waals surface area contributed by atoms with Gasteiger partial charge in [-0.05, 0) is 42.1 Å². The van der Waals surface area contributed by atoms with Crippen molar-refractivity contribution in [3.63, 3.8) is 0 Å². The summed E-state index contributed by atoms with van der Waals surface area (Å²) in [6, 6.07) is 16.4. The van der Waals surface area contributed by atoms with Crippen LogP contribution in [0.1, 0.15) is 11.1 Å². The summed E-state index contributed by atoms with van der Waals surface area (Å²) < 4.78 is 1.46. The predicted molar refractivity (Wildman–Crippen MR) is 83.4 cm³/mol. The molecule has 0 aliphatic heterocycles. The molecule has 0 spiro atoms. The summed E-state index contributed by atoms with van der Waals surface area (Å²) in [6.45, 7) is 1.89. The summed E-state index contributed by atoms with van der Waals surface area (Å²) in [6.07, 6.45) is 0.